The molecular weight excluding hydrogens is 254 g/mol. The van der Waals surface area contributed by atoms with Crippen molar-refractivity contribution in [3.05, 3.63) is 65.2 Å². The highest BCUT2D eigenvalue weighted by Crippen LogP contribution is 2.16. The summed E-state index contributed by atoms with van der Waals surface area (Å²) < 4.78 is 4.80. The van der Waals surface area contributed by atoms with Crippen LogP contribution in [0.2, 0.25) is 0 Å². The van der Waals surface area contributed by atoms with Gasteiger partial charge in [0.05, 0.1) is 0 Å². The van der Waals surface area contributed by atoms with Gasteiger partial charge in [-0.05, 0) is 23.3 Å². The summed E-state index contributed by atoms with van der Waals surface area (Å²) in [6.07, 6.45) is 3.75. The number of aldehydes is 1. The number of amides is 1. The molecule has 2 aromatic carbocycles. The summed E-state index contributed by atoms with van der Waals surface area (Å²) >= 11 is 0. The molecule has 0 saturated heterocycles. The van der Waals surface area contributed by atoms with E-state index in [1.165, 1.54) is 0 Å². The number of nitrogens with two attached hydrogens (primary N) is 1. The van der Waals surface area contributed by atoms with E-state index in [9.17, 15) is 9.59 Å². The van der Waals surface area contributed by atoms with E-state index in [1.54, 1.807) is 30.3 Å². The standard InChI is InChI=1S/C16H13NO3/c17-16(19)20-15-3-1-2-13(10-15)7-4-12-5-8-14(11-18)9-6-12/h1-11H,(H2,17,19). The lowest BCUT2D eigenvalue weighted by molar-refractivity contribution is 0.112. The van der Waals surface area contributed by atoms with Gasteiger partial charge in [0.25, 0.3) is 0 Å². The second-order valence-electron chi connectivity index (χ2n) is 4.11. The van der Waals surface area contributed by atoms with Crippen LogP contribution in [0, 0.1) is 0 Å². The van der Waals surface area contributed by atoms with Crippen LogP contribution in [0.5, 0.6) is 5.75 Å². The van der Waals surface area contributed by atoms with E-state index in [4.69, 9.17) is 10.5 Å². The number of hydrogen-bond donors (Lipinski definition) is 1. The molecule has 4 heteroatoms. The van der Waals surface area contributed by atoms with Crippen LogP contribution in [-0.2, 0) is 0 Å². The summed E-state index contributed by atoms with van der Waals surface area (Å²) in [5, 5.41) is 0. The fraction of sp³-hybridized carbons (Fsp3) is 0. The highest BCUT2D eigenvalue weighted by molar-refractivity contribution is 5.77. The van der Waals surface area contributed by atoms with Crippen molar-refractivity contribution in [3.63, 3.8) is 0 Å². The van der Waals surface area contributed by atoms with Crippen LogP contribution < -0.4 is 10.5 Å². The second kappa shape index (κ2) is 6.33. The molecule has 0 radical (unpaired) electrons. The van der Waals surface area contributed by atoms with Gasteiger partial charge in [-0.15, -0.1) is 0 Å². The third kappa shape index (κ3) is 3.81. The topological polar surface area (TPSA) is 69.4 Å². The average Bonchev–Trinajstić information content (AvgIpc) is 2.45. The second-order valence-corrected chi connectivity index (χ2v) is 4.11. The first-order valence-electron chi connectivity index (χ1n) is 5.98. The van der Waals surface area contributed by atoms with Gasteiger partial charge >= 0.3 is 6.09 Å². The Labute approximate surface area is 116 Å². The van der Waals surface area contributed by atoms with Crippen molar-refractivity contribution in [2.45, 2.75) is 0 Å². The van der Waals surface area contributed by atoms with Gasteiger partial charge in [0.15, 0.2) is 0 Å². The summed E-state index contributed by atoms with van der Waals surface area (Å²) in [5.74, 6) is 0.399. The molecule has 0 spiro atoms. The minimum atomic E-state index is -0.837. The average molecular weight is 267 g/mol. The maximum absolute atomic E-state index is 10.7. The van der Waals surface area contributed by atoms with Gasteiger partial charge in [-0.25, -0.2) is 4.79 Å². The first-order valence-corrected chi connectivity index (χ1v) is 5.98. The zero-order valence-corrected chi connectivity index (χ0v) is 10.7. The smallest absolute Gasteiger partial charge is 0.409 e. The lowest BCUT2D eigenvalue weighted by Gasteiger charge is -2.01. The molecular formula is C16H13NO3. The molecule has 0 atom stereocenters. The van der Waals surface area contributed by atoms with Gasteiger partial charge in [0.1, 0.15) is 12.0 Å². The molecule has 0 aliphatic carbocycles. The molecule has 100 valence electrons. The molecule has 2 aromatic rings. The third-order valence-electron chi connectivity index (χ3n) is 2.62. The predicted octanol–water partition coefficient (Wildman–Crippen LogP) is 3.13. The minimum Gasteiger partial charge on any atom is -0.410 e. The Bertz CT molecular complexity index is 645. The van der Waals surface area contributed by atoms with Crippen molar-refractivity contribution in [3.8, 4) is 5.75 Å². The van der Waals surface area contributed by atoms with Crippen LogP contribution >= 0.6 is 0 Å². The van der Waals surface area contributed by atoms with Crippen LogP contribution in [0.4, 0.5) is 4.79 Å². The van der Waals surface area contributed by atoms with Gasteiger partial charge in [-0.1, -0.05) is 48.6 Å². The Balaban J connectivity index is 2.13. The Morgan fingerprint density at radius 2 is 1.60 bits per heavy atom. The van der Waals surface area contributed by atoms with Crippen LogP contribution in [0.1, 0.15) is 21.5 Å². The number of carbonyl (C=O) groups is 2. The van der Waals surface area contributed by atoms with Crippen LogP contribution in [-0.4, -0.2) is 12.4 Å². The van der Waals surface area contributed by atoms with E-state index >= 15 is 0 Å². The van der Waals surface area contributed by atoms with Crippen LogP contribution in [0.15, 0.2) is 48.5 Å². The first-order chi connectivity index (χ1) is 9.67. The number of primary amides is 1. The molecule has 0 aliphatic heterocycles. The Morgan fingerprint density at radius 1 is 0.950 bits per heavy atom. The number of ether oxygens (including phenoxy) is 1. The fourth-order valence-electron chi connectivity index (χ4n) is 1.68. The van der Waals surface area contributed by atoms with E-state index in [0.717, 1.165) is 17.4 Å². The number of benzene rings is 2. The summed E-state index contributed by atoms with van der Waals surface area (Å²) in [5.41, 5.74) is 7.44. The zero-order chi connectivity index (χ0) is 14.4. The monoisotopic (exact) mass is 267 g/mol. The Kier molecular flexibility index (Phi) is 4.29. The molecule has 0 heterocycles. The molecule has 0 fully saturated rings. The highest BCUT2D eigenvalue weighted by Gasteiger charge is 1.98. The largest absolute Gasteiger partial charge is 0.410 e. The first kappa shape index (κ1) is 13.5. The van der Waals surface area contributed by atoms with Crippen molar-refractivity contribution >= 4 is 24.5 Å². The molecule has 20 heavy (non-hydrogen) atoms. The van der Waals surface area contributed by atoms with E-state index in [1.807, 2.05) is 30.4 Å². The summed E-state index contributed by atoms with van der Waals surface area (Å²) in [7, 11) is 0. The van der Waals surface area contributed by atoms with Crippen molar-refractivity contribution in [1.82, 2.24) is 0 Å². The van der Waals surface area contributed by atoms with Gasteiger partial charge in [0, 0.05) is 5.56 Å². The molecule has 0 saturated carbocycles. The molecule has 2 rings (SSSR count). The molecule has 4 nitrogen and oxygen atoms in total. The summed E-state index contributed by atoms with van der Waals surface area (Å²) in [6.45, 7) is 0. The summed E-state index contributed by atoms with van der Waals surface area (Å²) in [4.78, 5) is 21.2. The van der Waals surface area contributed by atoms with Gasteiger partial charge in [0.2, 0.25) is 0 Å². The van der Waals surface area contributed by atoms with Crippen molar-refractivity contribution in [1.29, 1.82) is 0 Å². The van der Waals surface area contributed by atoms with Crippen molar-refractivity contribution in [2.24, 2.45) is 5.73 Å². The SMILES string of the molecule is NC(=O)Oc1cccc(C=Cc2ccc(C=O)cc2)c1. The van der Waals surface area contributed by atoms with Crippen LogP contribution in [0.3, 0.4) is 0 Å². The van der Waals surface area contributed by atoms with E-state index in [2.05, 4.69) is 0 Å². The summed E-state index contributed by atoms with van der Waals surface area (Å²) in [6, 6.07) is 14.2. The molecule has 0 unspecified atom stereocenters. The Morgan fingerprint density at radius 3 is 2.25 bits per heavy atom. The van der Waals surface area contributed by atoms with E-state index < -0.39 is 6.09 Å². The maximum atomic E-state index is 10.7. The predicted molar refractivity (Wildman–Crippen MR) is 77.4 cm³/mol. The molecule has 2 N–H and O–H groups in total. The number of rotatable bonds is 4. The Hall–Kier alpha value is -2.88. The molecule has 0 bridgehead atoms. The minimum absolute atomic E-state index is 0.399. The lowest BCUT2D eigenvalue weighted by Crippen LogP contribution is -2.16. The zero-order valence-electron chi connectivity index (χ0n) is 10.7. The van der Waals surface area contributed by atoms with Crippen molar-refractivity contribution in [2.75, 3.05) is 0 Å². The molecule has 1 amide bonds. The lowest BCUT2D eigenvalue weighted by atomic mass is 10.1. The van der Waals surface area contributed by atoms with Gasteiger partial charge in [-0.2, -0.15) is 0 Å². The van der Waals surface area contributed by atoms with Crippen molar-refractivity contribution < 1.29 is 14.3 Å². The van der Waals surface area contributed by atoms with Crippen LogP contribution in [0.25, 0.3) is 12.2 Å². The molecule has 0 aromatic heterocycles. The third-order valence-corrected chi connectivity index (χ3v) is 2.62. The number of hydrogen-bond acceptors (Lipinski definition) is 3. The normalized spacial score (nSPS) is 10.4. The fourth-order valence-corrected chi connectivity index (χ4v) is 1.68. The van der Waals surface area contributed by atoms with E-state index in [0.29, 0.717) is 11.3 Å². The number of carbonyl (C=O) groups excluding carboxylic acids is 2. The van der Waals surface area contributed by atoms with E-state index in [-0.39, 0.29) is 0 Å². The van der Waals surface area contributed by atoms with Gasteiger partial charge < -0.3 is 10.5 Å². The maximum Gasteiger partial charge on any atom is 0.409 e. The molecule has 0 aliphatic rings. The highest BCUT2D eigenvalue weighted by atomic mass is 16.5. The van der Waals surface area contributed by atoms with Gasteiger partial charge in [-0.3, -0.25) is 4.79 Å². The quantitative estimate of drug-likeness (QED) is 0.683.